The number of pyridine rings is 1. The van der Waals surface area contributed by atoms with Gasteiger partial charge in [0.2, 0.25) is 5.91 Å². The summed E-state index contributed by atoms with van der Waals surface area (Å²) in [7, 11) is 0. The number of ether oxygens (including phenoxy) is 1. The van der Waals surface area contributed by atoms with Gasteiger partial charge in [0.1, 0.15) is 12.3 Å². The van der Waals surface area contributed by atoms with Crippen LogP contribution in [0.1, 0.15) is 24.2 Å². The molecule has 0 radical (unpaired) electrons. The van der Waals surface area contributed by atoms with Crippen molar-refractivity contribution >= 4 is 12.0 Å². The Kier molecular flexibility index (Phi) is 5.41. The molecule has 0 aromatic carbocycles. The predicted molar refractivity (Wildman–Crippen MR) is 73.2 cm³/mol. The highest BCUT2D eigenvalue weighted by atomic mass is 19.4. The number of hydrogen-bond acceptors (Lipinski definition) is 4. The van der Waals surface area contributed by atoms with Crippen LogP contribution < -0.4 is 5.32 Å². The maximum atomic E-state index is 12.5. The molecule has 2 heterocycles. The third-order valence-corrected chi connectivity index (χ3v) is 3.24. The smallest absolute Gasteiger partial charge is 0.433 e. The van der Waals surface area contributed by atoms with Gasteiger partial charge in [-0.1, -0.05) is 6.07 Å². The van der Waals surface area contributed by atoms with Crippen molar-refractivity contribution in [3.8, 4) is 0 Å². The third-order valence-electron chi connectivity index (χ3n) is 3.24. The maximum Gasteiger partial charge on any atom is 0.433 e. The van der Waals surface area contributed by atoms with E-state index in [2.05, 4.69) is 10.3 Å². The SMILES string of the molecule is O=C(CCCN1CCOC1=O)NCc1cccc(C(F)(F)F)n1. The first-order valence-corrected chi connectivity index (χ1v) is 7.08. The molecular weight excluding hydrogens is 315 g/mol. The molecule has 126 valence electrons. The molecule has 0 unspecified atom stereocenters. The van der Waals surface area contributed by atoms with Gasteiger partial charge in [-0.15, -0.1) is 0 Å². The number of alkyl halides is 3. The Morgan fingerprint density at radius 3 is 2.83 bits per heavy atom. The average Bonchev–Trinajstić information content (AvgIpc) is 2.90. The van der Waals surface area contributed by atoms with E-state index < -0.39 is 18.0 Å². The number of carbonyl (C=O) groups is 2. The number of amides is 2. The minimum absolute atomic E-state index is 0.0749. The Bertz CT molecular complexity index is 578. The number of carbonyl (C=O) groups excluding carboxylic acids is 2. The number of aromatic nitrogens is 1. The van der Waals surface area contributed by atoms with Crippen LogP contribution in [-0.4, -0.2) is 41.6 Å². The molecule has 0 spiro atoms. The van der Waals surface area contributed by atoms with Crippen molar-refractivity contribution < 1.29 is 27.5 Å². The fourth-order valence-corrected chi connectivity index (χ4v) is 2.07. The van der Waals surface area contributed by atoms with Crippen LogP contribution >= 0.6 is 0 Å². The van der Waals surface area contributed by atoms with Gasteiger partial charge >= 0.3 is 12.3 Å². The van der Waals surface area contributed by atoms with Gasteiger partial charge in [-0.25, -0.2) is 9.78 Å². The summed E-state index contributed by atoms with van der Waals surface area (Å²) in [5, 5.41) is 2.51. The Labute approximate surface area is 130 Å². The second-order valence-electron chi connectivity index (χ2n) is 4.99. The Hall–Kier alpha value is -2.32. The fraction of sp³-hybridized carbons (Fsp3) is 0.500. The zero-order chi connectivity index (χ0) is 16.9. The van der Waals surface area contributed by atoms with Gasteiger partial charge in [0, 0.05) is 13.0 Å². The largest absolute Gasteiger partial charge is 0.448 e. The predicted octanol–water partition coefficient (Wildman–Crippen LogP) is 1.95. The second kappa shape index (κ2) is 7.30. The summed E-state index contributed by atoms with van der Waals surface area (Å²) >= 11 is 0. The molecule has 9 heteroatoms. The molecule has 2 amide bonds. The fourth-order valence-electron chi connectivity index (χ4n) is 2.07. The van der Waals surface area contributed by atoms with Crippen LogP contribution in [0.3, 0.4) is 0 Å². The minimum atomic E-state index is -4.51. The number of cyclic esters (lactones) is 1. The standard InChI is InChI=1S/C14H16F3N3O3/c15-14(16,17)11-4-1-3-10(19-11)9-18-12(21)5-2-6-20-7-8-23-13(20)22/h1,3-4H,2,5-9H2,(H,18,21). The van der Waals surface area contributed by atoms with Crippen LogP contribution in [0.5, 0.6) is 0 Å². The van der Waals surface area contributed by atoms with Gasteiger partial charge in [-0.3, -0.25) is 4.79 Å². The van der Waals surface area contributed by atoms with Crippen LogP contribution in [0, 0.1) is 0 Å². The zero-order valence-electron chi connectivity index (χ0n) is 12.2. The van der Waals surface area contributed by atoms with Crippen LogP contribution in [0.4, 0.5) is 18.0 Å². The molecule has 2 rings (SSSR count). The monoisotopic (exact) mass is 331 g/mol. The third kappa shape index (κ3) is 5.11. The molecule has 1 fully saturated rings. The lowest BCUT2D eigenvalue weighted by atomic mass is 10.2. The number of rotatable bonds is 6. The molecule has 0 saturated carbocycles. The van der Waals surface area contributed by atoms with Crippen LogP contribution in [-0.2, 0) is 22.3 Å². The molecule has 0 aliphatic carbocycles. The maximum absolute atomic E-state index is 12.5. The Morgan fingerprint density at radius 2 is 2.17 bits per heavy atom. The summed E-state index contributed by atoms with van der Waals surface area (Å²) in [5.41, 5.74) is -0.854. The van der Waals surface area contributed by atoms with E-state index in [1.807, 2.05) is 0 Å². The van der Waals surface area contributed by atoms with Crippen LogP contribution in [0.2, 0.25) is 0 Å². The van der Waals surface area contributed by atoms with Gasteiger partial charge in [-0.05, 0) is 18.6 Å². The van der Waals surface area contributed by atoms with E-state index in [4.69, 9.17) is 4.74 Å². The van der Waals surface area contributed by atoms with Crippen molar-refractivity contribution in [2.75, 3.05) is 19.7 Å². The summed E-state index contributed by atoms with van der Waals surface area (Å²) in [4.78, 5) is 27.8. The van der Waals surface area contributed by atoms with Gasteiger partial charge in [0.15, 0.2) is 0 Å². The van der Waals surface area contributed by atoms with Crippen molar-refractivity contribution in [1.29, 1.82) is 0 Å². The first-order chi connectivity index (χ1) is 10.9. The van der Waals surface area contributed by atoms with Crippen molar-refractivity contribution in [3.63, 3.8) is 0 Å². The van der Waals surface area contributed by atoms with E-state index in [-0.39, 0.29) is 24.6 Å². The summed E-state index contributed by atoms with van der Waals surface area (Å²) < 4.78 is 42.3. The van der Waals surface area contributed by atoms with E-state index >= 15 is 0 Å². The first-order valence-electron chi connectivity index (χ1n) is 7.08. The molecule has 1 aromatic rings. The molecule has 0 bridgehead atoms. The highest BCUT2D eigenvalue weighted by Gasteiger charge is 2.32. The number of halogens is 3. The quantitative estimate of drug-likeness (QED) is 0.865. The van der Waals surface area contributed by atoms with Crippen LogP contribution in [0.25, 0.3) is 0 Å². The Balaban J connectivity index is 1.73. The van der Waals surface area contributed by atoms with Gasteiger partial charge in [0.05, 0.1) is 18.8 Å². The molecular formula is C14H16F3N3O3. The first kappa shape index (κ1) is 17.0. The Morgan fingerprint density at radius 1 is 1.39 bits per heavy atom. The van der Waals surface area contributed by atoms with Crippen molar-refractivity contribution in [2.24, 2.45) is 0 Å². The lowest BCUT2D eigenvalue weighted by Gasteiger charge is -2.12. The molecule has 1 aromatic heterocycles. The normalized spacial score (nSPS) is 14.7. The van der Waals surface area contributed by atoms with Gasteiger partial charge in [0.25, 0.3) is 0 Å². The molecule has 1 N–H and O–H groups in total. The van der Waals surface area contributed by atoms with Gasteiger partial charge in [-0.2, -0.15) is 13.2 Å². The minimum Gasteiger partial charge on any atom is -0.448 e. The summed E-state index contributed by atoms with van der Waals surface area (Å²) in [6.07, 6.45) is -4.28. The van der Waals surface area contributed by atoms with Crippen molar-refractivity contribution in [2.45, 2.75) is 25.6 Å². The molecule has 0 atom stereocenters. The topological polar surface area (TPSA) is 71.5 Å². The van der Waals surface area contributed by atoms with Crippen molar-refractivity contribution in [1.82, 2.24) is 15.2 Å². The molecule has 6 nitrogen and oxygen atoms in total. The molecule has 23 heavy (non-hydrogen) atoms. The lowest BCUT2D eigenvalue weighted by molar-refractivity contribution is -0.141. The highest BCUT2D eigenvalue weighted by molar-refractivity contribution is 5.76. The van der Waals surface area contributed by atoms with Gasteiger partial charge < -0.3 is 15.0 Å². The number of nitrogens with one attached hydrogen (secondary N) is 1. The zero-order valence-corrected chi connectivity index (χ0v) is 12.2. The van der Waals surface area contributed by atoms with E-state index in [0.29, 0.717) is 26.1 Å². The van der Waals surface area contributed by atoms with E-state index in [0.717, 1.165) is 6.07 Å². The summed E-state index contributed by atoms with van der Waals surface area (Å²) in [6.45, 7) is 1.20. The second-order valence-corrected chi connectivity index (χ2v) is 4.99. The van der Waals surface area contributed by atoms with E-state index in [1.165, 1.54) is 17.0 Å². The van der Waals surface area contributed by atoms with Crippen molar-refractivity contribution in [3.05, 3.63) is 29.6 Å². The van der Waals surface area contributed by atoms with E-state index in [1.54, 1.807) is 0 Å². The molecule has 1 saturated heterocycles. The lowest BCUT2D eigenvalue weighted by Crippen LogP contribution is -2.28. The summed E-state index contributed by atoms with van der Waals surface area (Å²) in [5.74, 6) is -0.309. The average molecular weight is 331 g/mol. The number of hydrogen-bond donors (Lipinski definition) is 1. The number of nitrogens with zero attached hydrogens (tertiary/aromatic N) is 2. The van der Waals surface area contributed by atoms with E-state index in [9.17, 15) is 22.8 Å². The van der Waals surface area contributed by atoms with Crippen LogP contribution in [0.15, 0.2) is 18.2 Å². The highest BCUT2D eigenvalue weighted by Crippen LogP contribution is 2.27. The summed E-state index contributed by atoms with van der Waals surface area (Å²) in [6, 6.07) is 3.53. The molecule has 1 aliphatic rings. The molecule has 1 aliphatic heterocycles.